The van der Waals surface area contributed by atoms with Gasteiger partial charge in [0.25, 0.3) is 11.6 Å². The standard InChI is InChI=1S/C27H24BrN3O6S/c1-4-36-21-10-8-19(9-11-21)30-26(32)23(29(2)27(30)38)14-18-13-22(28)25(24(15-18)35-3)37-16-17-6-5-7-20(12-17)31(33)34/h5-15H,4,16H2,1-3H3/b23-14-. The van der Waals surface area contributed by atoms with Gasteiger partial charge in [-0.1, -0.05) is 12.1 Å². The van der Waals surface area contributed by atoms with Crippen LogP contribution in [0.5, 0.6) is 17.2 Å². The van der Waals surface area contributed by atoms with Gasteiger partial charge in [-0.25, -0.2) is 0 Å². The number of benzene rings is 3. The van der Waals surface area contributed by atoms with Crippen LogP contribution in [0.25, 0.3) is 6.08 Å². The Bertz CT molecular complexity index is 1430. The van der Waals surface area contributed by atoms with Gasteiger partial charge in [0.15, 0.2) is 16.6 Å². The molecule has 1 amide bonds. The molecule has 1 saturated heterocycles. The molecule has 196 valence electrons. The van der Waals surface area contributed by atoms with Crippen LogP contribution in [0, 0.1) is 10.1 Å². The molecule has 0 aromatic heterocycles. The summed E-state index contributed by atoms with van der Waals surface area (Å²) in [5, 5.41) is 11.4. The minimum Gasteiger partial charge on any atom is -0.494 e. The van der Waals surface area contributed by atoms with Gasteiger partial charge in [0, 0.05) is 19.2 Å². The van der Waals surface area contributed by atoms with E-state index in [0.29, 0.717) is 56.0 Å². The Balaban J connectivity index is 1.58. The third kappa shape index (κ3) is 5.63. The molecule has 4 rings (SSSR count). The van der Waals surface area contributed by atoms with Crippen molar-refractivity contribution in [2.45, 2.75) is 13.5 Å². The van der Waals surface area contributed by atoms with Gasteiger partial charge in [0.2, 0.25) is 0 Å². The summed E-state index contributed by atoms with van der Waals surface area (Å²) in [7, 11) is 3.25. The van der Waals surface area contributed by atoms with Crippen LogP contribution in [0.2, 0.25) is 0 Å². The predicted octanol–water partition coefficient (Wildman–Crippen LogP) is 5.95. The number of hydrogen-bond donors (Lipinski definition) is 0. The number of carbonyl (C=O) groups excluding carboxylic acids is 1. The number of hydrogen-bond acceptors (Lipinski definition) is 7. The van der Waals surface area contributed by atoms with Gasteiger partial charge in [-0.3, -0.25) is 19.8 Å². The second kappa shape index (κ2) is 11.6. The molecule has 0 spiro atoms. The average molecular weight is 598 g/mol. The molecule has 0 atom stereocenters. The van der Waals surface area contributed by atoms with Crippen LogP contribution in [0.1, 0.15) is 18.1 Å². The summed E-state index contributed by atoms with van der Waals surface area (Å²) in [6, 6.07) is 16.9. The third-order valence-electron chi connectivity index (χ3n) is 5.73. The molecule has 1 aliphatic heterocycles. The summed E-state index contributed by atoms with van der Waals surface area (Å²) in [5.74, 6) is 1.31. The van der Waals surface area contributed by atoms with Gasteiger partial charge in [0.1, 0.15) is 18.1 Å². The van der Waals surface area contributed by atoms with E-state index in [1.807, 2.05) is 6.92 Å². The molecule has 1 heterocycles. The number of amides is 1. The van der Waals surface area contributed by atoms with Crippen molar-refractivity contribution in [2.24, 2.45) is 0 Å². The van der Waals surface area contributed by atoms with Crippen LogP contribution in [-0.2, 0) is 11.4 Å². The van der Waals surface area contributed by atoms with Gasteiger partial charge < -0.3 is 19.1 Å². The monoisotopic (exact) mass is 597 g/mol. The number of rotatable bonds is 9. The van der Waals surface area contributed by atoms with E-state index in [9.17, 15) is 14.9 Å². The van der Waals surface area contributed by atoms with E-state index >= 15 is 0 Å². The molecule has 0 unspecified atom stereocenters. The molecule has 3 aromatic rings. The fourth-order valence-corrected chi connectivity index (χ4v) is 4.74. The lowest BCUT2D eigenvalue weighted by Gasteiger charge is -2.16. The van der Waals surface area contributed by atoms with Gasteiger partial charge in [-0.15, -0.1) is 0 Å². The molecule has 1 fully saturated rings. The molecular weight excluding hydrogens is 574 g/mol. The smallest absolute Gasteiger partial charge is 0.281 e. The lowest BCUT2D eigenvalue weighted by Crippen LogP contribution is -2.31. The lowest BCUT2D eigenvalue weighted by molar-refractivity contribution is -0.384. The molecule has 3 aromatic carbocycles. The summed E-state index contributed by atoms with van der Waals surface area (Å²) in [4.78, 5) is 27.1. The minimum absolute atomic E-state index is 0.0124. The molecule has 38 heavy (non-hydrogen) atoms. The predicted molar refractivity (Wildman–Crippen MR) is 152 cm³/mol. The molecule has 0 bridgehead atoms. The average Bonchev–Trinajstić information content (AvgIpc) is 3.11. The van der Waals surface area contributed by atoms with Crippen molar-refractivity contribution in [3.8, 4) is 17.2 Å². The molecular formula is C27H24BrN3O6S. The largest absolute Gasteiger partial charge is 0.494 e. The zero-order valence-corrected chi connectivity index (χ0v) is 23.2. The topological polar surface area (TPSA) is 94.4 Å². The third-order valence-corrected chi connectivity index (χ3v) is 6.77. The van der Waals surface area contributed by atoms with Crippen molar-refractivity contribution in [3.63, 3.8) is 0 Å². The Kier molecular flexibility index (Phi) is 8.28. The number of likely N-dealkylation sites (N-methyl/N-ethyl adjacent to an activating group) is 1. The highest BCUT2D eigenvalue weighted by Gasteiger charge is 2.36. The van der Waals surface area contributed by atoms with Crippen LogP contribution in [0.15, 0.2) is 70.8 Å². The second-order valence-corrected chi connectivity index (χ2v) is 9.41. The number of nitro groups is 1. The summed E-state index contributed by atoms with van der Waals surface area (Å²) in [5.41, 5.74) is 2.34. The first kappa shape index (κ1) is 27.1. The van der Waals surface area contributed by atoms with Gasteiger partial charge >= 0.3 is 0 Å². The van der Waals surface area contributed by atoms with Crippen LogP contribution in [0.4, 0.5) is 11.4 Å². The first-order chi connectivity index (χ1) is 18.2. The van der Waals surface area contributed by atoms with E-state index < -0.39 is 4.92 Å². The fraction of sp³-hybridized carbons (Fsp3) is 0.185. The van der Waals surface area contributed by atoms with E-state index in [4.69, 9.17) is 26.4 Å². The number of nitro benzene ring substituents is 1. The summed E-state index contributed by atoms with van der Waals surface area (Å²) < 4.78 is 17.6. The van der Waals surface area contributed by atoms with E-state index in [1.165, 1.54) is 24.1 Å². The van der Waals surface area contributed by atoms with Crippen LogP contribution in [0.3, 0.4) is 0 Å². The first-order valence-electron chi connectivity index (χ1n) is 11.5. The Labute approximate surface area is 233 Å². The van der Waals surface area contributed by atoms with Crippen molar-refractivity contribution in [1.29, 1.82) is 0 Å². The number of carbonyl (C=O) groups is 1. The number of methoxy groups -OCH3 is 1. The molecule has 0 saturated carbocycles. The Morgan fingerprint density at radius 2 is 1.84 bits per heavy atom. The van der Waals surface area contributed by atoms with Crippen LogP contribution >= 0.6 is 28.1 Å². The van der Waals surface area contributed by atoms with E-state index in [2.05, 4.69) is 15.9 Å². The summed E-state index contributed by atoms with van der Waals surface area (Å²) in [6.45, 7) is 2.56. The zero-order chi connectivity index (χ0) is 27.4. The number of ether oxygens (including phenoxy) is 3. The second-order valence-electron chi connectivity index (χ2n) is 8.19. The van der Waals surface area contributed by atoms with E-state index in [-0.39, 0.29) is 18.2 Å². The van der Waals surface area contributed by atoms with Gasteiger partial charge in [0.05, 0.1) is 28.8 Å². The highest BCUT2D eigenvalue weighted by Crippen LogP contribution is 2.38. The summed E-state index contributed by atoms with van der Waals surface area (Å²) in [6.07, 6.45) is 1.72. The van der Waals surface area contributed by atoms with Crippen molar-refractivity contribution >= 4 is 56.6 Å². The molecule has 0 aliphatic carbocycles. The maximum Gasteiger partial charge on any atom is 0.281 e. The lowest BCUT2D eigenvalue weighted by atomic mass is 10.1. The Morgan fingerprint density at radius 3 is 2.50 bits per heavy atom. The maximum absolute atomic E-state index is 13.4. The highest BCUT2D eigenvalue weighted by atomic mass is 79.9. The number of nitrogens with zero attached hydrogens (tertiary/aromatic N) is 3. The highest BCUT2D eigenvalue weighted by molar-refractivity contribution is 9.10. The molecule has 11 heteroatoms. The number of non-ortho nitro benzene ring substituents is 1. The normalized spacial score (nSPS) is 14.3. The quantitative estimate of drug-likeness (QED) is 0.129. The van der Waals surface area contributed by atoms with Gasteiger partial charge in [-0.2, -0.15) is 0 Å². The fourth-order valence-electron chi connectivity index (χ4n) is 3.88. The van der Waals surface area contributed by atoms with Crippen LogP contribution < -0.4 is 19.1 Å². The molecule has 1 aliphatic rings. The van der Waals surface area contributed by atoms with Crippen molar-refractivity contribution in [3.05, 3.63) is 92.1 Å². The molecule has 9 nitrogen and oxygen atoms in total. The summed E-state index contributed by atoms with van der Waals surface area (Å²) >= 11 is 9.08. The van der Waals surface area contributed by atoms with Crippen molar-refractivity contribution in [2.75, 3.05) is 25.7 Å². The van der Waals surface area contributed by atoms with E-state index in [1.54, 1.807) is 66.6 Å². The Morgan fingerprint density at radius 1 is 1.11 bits per heavy atom. The Hall–Kier alpha value is -3.96. The van der Waals surface area contributed by atoms with Crippen molar-refractivity contribution in [1.82, 2.24) is 4.90 Å². The first-order valence-corrected chi connectivity index (χ1v) is 12.7. The minimum atomic E-state index is -0.452. The van der Waals surface area contributed by atoms with Crippen LogP contribution in [-0.4, -0.2) is 41.6 Å². The number of thiocarbonyl (C=S) groups is 1. The number of anilines is 1. The number of halogens is 1. The molecule has 0 N–H and O–H groups in total. The van der Waals surface area contributed by atoms with Gasteiger partial charge in [-0.05, 0) is 88.7 Å². The van der Waals surface area contributed by atoms with Crippen molar-refractivity contribution < 1.29 is 23.9 Å². The zero-order valence-electron chi connectivity index (χ0n) is 20.8. The van der Waals surface area contributed by atoms with E-state index in [0.717, 1.165) is 0 Å². The SMILES string of the molecule is CCOc1ccc(N2C(=O)/C(=C/c3cc(Br)c(OCc4cccc([N+](=O)[O-])c4)c(OC)c3)N(C)C2=S)cc1. The molecule has 0 radical (unpaired) electrons. The maximum atomic E-state index is 13.4.